The highest BCUT2D eigenvalue weighted by atomic mass is 32.1. The third-order valence-electron chi connectivity index (χ3n) is 14.2. The first-order valence-electron chi connectivity index (χ1n) is 28.4. The molecule has 0 bridgehead atoms. The van der Waals surface area contributed by atoms with Crippen molar-refractivity contribution in [1.82, 2.24) is 56.8 Å². The molecule has 0 aromatic heterocycles. The fourth-order valence-electron chi connectivity index (χ4n) is 9.79. The Morgan fingerprint density at radius 3 is 1.70 bits per heavy atom. The maximum atomic E-state index is 14.1. The first kappa shape index (κ1) is 70.2. The summed E-state index contributed by atoms with van der Waals surface area (Å²) in [4.78, 5) is 134. The molecule has 0 aliphatic carbocycles. The number of phenols is 1. The topological polar surface area (TPSA) is 451 Å². The number of aromatic hydroxyl groups is 1. The van der Waals surface area contributed by atoms with Gasteiger partial charge in [-0.25, -0.2) is 0 Å². The first-order valence-corrected chi connectivity index (χ1v) is 28.8. The van der Waals surface area contributed by atoms with Crippen molar-refractivity contribution < 1.29 is 78.6 Å². The Labute approximate surface area is 502 Å². The molecule has 86 heavy (non-hydrogen) atoms. The number of phenolic OH excluding ortho intramolecular Hbond substituents is 1. The summed E-state index contributed by atoms with van der Waals surface area (Å²) in [6.45, 7) is 0.846. The van der Waals surface area contributed by atoms with E-state index in [0.717, 1.165) is 18.4 Å². The maximum Gasteiger partial charge on any atom is 0.317 e. The van der Waals surface area contributed by atoms with Gasteiger partial charge >= 0.3 is 29.8 Å². The number of nitrogens with one attached hydrogen (secondary N) is 9. The smallest absolute Gasteiger partial charge is 0.317 e. The second-order valence-corrected chi connectivity index (χ2v) is 21.5. The highest BCUT2D eigenvalue weighted by molar-refractivity contribution is 7.80. The Morgan fingerprint density at radius 1 is 0.605 bits per heavy atom. The van der Waals surface area contributed by atoms with Crippen LogP contribution in [0.25, 0.3) is 0 Å². The van der Waals surface area contributed by atoms with Crippen LogP contribution in [0.15, 0.2) is 48.5 Å². The Bertz CT molecular complexity index is 2590. The largest absolute Gasteiger partial charge is 0.508 e. The molecule has 2 aliphatic heterocycles. The van der Waals surface area contributed by atoms with E-state index in [1.54, 1.807) is 9.80 Å². The molecule has 5 atom stereocenters. The summed E-state index contributed by atoms with van der Waals surface area (Å²) < 4.78 is 0. The van der Waals surface area contributed by atoms with Crippen LogP contribution in [0.2, 0.25) is 0 Å². The number of carbonyl (C=O) groups excluding carboxylic acids is 5. The average Bonchev–Trinajstić information content (AvgIpc) is 3.75. The van der Waals surface area contributed by atoms with Crippen LogP contribution in [0.5, 0.6) is 5.75 Å². The van der Waals surface area contributed by atoms with Gasteiger partial charge in [0.1, 0.15) is 29.9 Å². The van der Waals surface area contributed by atoms with Gasteiger partial charge in [-0.15, -0.1) is 0 Å². The minimum absolute atomic E-state index is 0.00235. The number of aryl methyl sites for hydroxylation is 1. The van der Waals surface area contributed by atoms with Gasteiger partial charge < -0.3 is 78.9 Å². The van der Waals surface area contributed by atoms with E-state index in [1.165, 1.54) is 29.2 Å². The zero-order valence-corrected chi connectivity index (χ0v) is 48.7. The van der Waals surface area contributed by atoms with Crippen molar-refractivity contribution in [3.05, 3.63) is 59.7 Å². The number of guanidine groups is 1. The molecule has 2 aromatic rings. The van der Waals surface area contributed by atoms with Crippen molar-refractivity contribution in [3.8, 4) is 5.75 Å². The third kappa shape index (κ3) is 28.1. The molecule has 0 saturated carbocycles. The van der Waals surface area contributed by atoms with E-state index in [9.17, 15) is 78.6 Å². The third-order valence-corrected chi connectivity index (χ3v) is 14.5. The SMILES string of the molecule is N=C(N)NCCC[C@@H]1NC(=O)[C@H](CCCCNC(=S)Nc2ccc(CCCCCC(CN3CCN(CC(=O)O)CCN(CC(=O)O)CC3)N(CC(=O)O)CC(=O)O)cc2)NC(=O)[C@@H](Cc2ccc(O)cc2)NC(=O)[C@H](CC(=O)O)NC(=O)CNC1=O. The second-order valence-electron chi connectivity index (χ2n) is 21.1. The number of hydrogen-bond acceptors (Lipinski definition) is 17. The van der Waals surface area contributed by atoms with Gasteiger partial charge in [-0.3, -0.25) is 73.0 Å². The summed E-state index contributed by atoms with van der Waals surface area (Å²) in [5.74, 6) is -10.6. The van der Waals surface area contributed by atoms with E-state index in [2.05, 4.69) is 42.5 Å². The molecular weight excluding hydrogens is 1140 g/mol. The lowest BCUT2D eigenvalue weighted by Gasteiger charge is -2.35. The predicted octanol–water partition coefficient (Wildman–Crippen LogP) is -2.07. The zero-order valence-electron chi connectivity index (χ0n) is 47.9. The number of thiocarbonyl (C=S) groups is 1. The van der Waals surface area contributed by atoms with Crippen LogP contribution >= 0.6 is 12.2 Å². The molecule has 2 saturated heterocycles. The van der Waals surface area contributed by atoms with Gasteiger partial charge in [0.05, 0.1) is 39.1 Å². The molecule has 1 unspecified atom stereocenters. The molecule has 0 spiro atoms. The lowest BCUT2D eigenvalue weighted by Crippen LogP contribution is -2.58. The van der Waals surface area contributed by atoms with Gasteiger partial charge in [0, 0.05) is 77.1 Å². The van der Waals surface area contributed by atoms with Crippen molar-refractivity contribution in [2.45, 2.75) is 107 Å². The molecule has 17 N–H and O–H groups in total. The van der Waals surface area contributed by atoms with Crippen molar-refractivity contribution in [1.29, 1.82) is 5.41 Å². The number of benzene rings is 2. The van der Waals surface area contributed by atoms with Crippen molar-refractivity contribution in [2.75, 3.05) is 96.9 Å². The van der Waals surface area contributed by atoms with E-state index in [4.69, 9.17) is 23.4 Å². The second kappa shape index (κ2) is 37.2. The molecule has 0 radical (unpaired) electrons. The van der Waals surface area contributed by atoms with E-state index >= 15 is 0 Å². The van der Waals surface area contributed by atoms with Crippen LogP contribution in [0.3, 0.4) is 0 Å². The number of nitrogens with zero attached hydrogens (tertiary/aromatic N) is 4. The van der Waals surface area contributed by atoms with Crippen molar-refractivity contribution in [3.63, 3.8) is 0 Å². The van der Waals surface area contributed by atoms with Crippen LogP contribution < -0.4 is 48.3 Å². The zero-order chi connectivity index (χ0) is 63.1. The van der Waals surface area contributed by atoms with Crippen molar-refractivity contribution >= 4 is 88.4 Å². The quantitative estimate of drug-likeness (QED) is 0.0167. The van der Waals surface area contributed by atoms with Crippen LogP contribution in [0.1, 0.15) is 75.3 Å². The highest BCUT2D eigenvalue weighted by Crippen LogP contribution is 2.18. The van der Waals surface area contributed by atoms with E-state index in [1.807, 2.05) is 29.2 Å². The van der Waals surface area contributed by atoms with Crippen molar-refractivity contribution in [2.24, 2.45) is 5.73 Å². The number of carbonyl (C=O) groups is 10. The molecule has 4 rings (SSSR count). The molecule has 2 heterocycles. The fraction of sp³-hybridized carbons (Fsp3) is 0.564. The van der Waals surface area contributed by atoms with Gasteiger partial charge in [0.25, 0.3) is 0 Å². The molecule has 31 heteroatoms. The molecular formula is C55H82N14O16S. The van der Waals surface area contributed by atoms with Gasteiger partial charge in [-0.2, -0.15) is 0 Å². The van der Waals surface area contributed by atoms with Crippen LogP contribution in [-0.2, 0) is 60.8 Å². The Kier molecular flexibility index (Phi) is 30.4. The standard InChI is InChI=1S/C55H82N14O16S/c56-54(57)58-20-6-10-40-50(82)60-29-44(71)62-43(28-45(72)73)53(85)65-42(27-36-13-17-39(70)18-14-36)52(84)64-41(51(83)63-40)9-4-5-19-59-55(86)61-37-15-11-35(12-16-37)7-2-1-3-8-38(69(33-48(78)79)34-49(80)81)30-66-21-23-67(31-46(74)75)25-26-68(24-22-66)32-47(76)77/h11-18,38,40-43,70H,1-10,19-34H2,(H,60,82)(H,62,71)(H,63,83)(H,64,84)(H,65,85)(H,72,73)(H,74,75)(H,76,77)(H,78,79)(H,80,81)(H4,56,57,58)(H2,59,61,86)/t38?,40-,41-,42+,43-/m0/s1. The molecule has 474 valence electrons. The fourth-order valence-corrected chi connectivity index (χ4v) is 10.0. The first-order chi connectivity index (χ1) is 40.9. The summed E-state index contributed by atoms with van der Waals surface area (Å²) in [6.07, 6.45) is 3.30. The number of hydrogen-bond donors (Lipinski definition) is 16. The monoisotopic (exact) mass is 1230 g/mol. The Morgan fingerprint density at radius 2 is 1.13 bits per heavy atom. The maximum absolute atomic E-state index is 14.1. The average molecular weight is 1230 g/mol. The Hall–Kier alpha value is -8.26. The number of nitrogens with two attached hydrogens (primary N) is 1. The minimum Gasteiger partial charge on any atom is -0.508 e. The molecule has 2 aliphatic rings. The minimum atomic E-state index is -1.67. The summed E-state index contributed by atoms with van der Waals surface area (Å²) in [5.41, 5.74) is 7.60. The summed E-state index contributed by atoms with van der Waals surface area (Å²) in [7, 11) is 0. The Balaban J connectivity index is 1.36. The normalized spacial score (nSPS) is 19.2. The number of rotatable bonds is 31. The molecule has 2 aromatic carbocycles. The van der Waals surface area contributed by atoms with Gasteiger partial charge in [-0.05, 0) is 99.0 Å². The van der Waals surface area contributed by atoms with Gasteiger partial charge in [-0.1, -0.05) is 37.1 Å². The lowest BCUT2D eigenvalue weighted by molar-refractivity contribution is -0.144. The van der Waals surface area contributed by atoms with E-state index < -0.39 is 116 Å². The summed E-state index contributed by atoms with van der Waals surface area (Å²) in [6, 6.07) is 7.23. The van der Waals surface area contributed by atoms with Crippen LogP contribution in [-0.4, -0.2) is 243 Å². The number of aliphatic carboxylic acids is 5. The number of amides is 5. The van der Waals surface area contributed by atoms with E-state index in [0.29, 0.717) is 101 Å². The summed E-state index contributed by atoms with van der Waals surface area (Å²) >= 11 is 5.56. The molecule has 2 fully saturated rings. The summed E-state index contributed by atoms with van der Waals surface area (Å²) in [5, 5.41) is 87.1. The lowest BCUT2D eigenvalue weighted by atomic mass is 10.0. The van der Waals surface area contributed by atoms with Crippen LogP contribution in [0, 0.1) is 5.41 Å². The van der Waals surface area contributed by atoms with Gasteiger partial charge in [0.2, 0.25) is 29.5 Å². The number of carboxylic acid groups (broad SMARTS) is 5. The van der Waals surface area contributed by atoms with Crippen LogP contribution in [0.4, 0.5) is 5.69 Å². The highest BCUT2D eigenvalue weighted by Gasteiger charge is 2.34. The number of carboxylic acids is 5. The number of anilines is 1. The predicted molar refractivity (Wildman–Crippen MR) is 316 cm³/mol. The number of unbranched alkanes of at least 4 members (excludes halogenated alkanes) is 3. The molecule has 5 amide bonds. The molecule has 30 nitrogen and oxygen atoms in total. The van der Waals surface area contributed by atoms with Gasteiger partial charge in [0.15, 0.2) is 11.1 Å². The van der Waals surface area contributed by atoms with E-state index in [-0.39, 0.29) is 57.0 Å².